The number of benzene rings is 1. The maximum absolute atomic E-state index is 12.0. The smallest absolute Gasteiger partial charge is 0.231 e. The highest BCUT2D eigenvalue weighted by Gasteiger charge is 2.49. The normalized spacial score (nSPS) is 16.9. The van der Waals surface area contributed by atoms with Crippen LogP contribution in [0.2, 0.25) is 5.02 Å². The highest BCUT2D eigenvalue weighted by molar-refractivity contribution is 6.30. The van der Waals surface area contributed by atoms with Crippen molar-refractivity contribution in [3.8, 4) is 0 Å². The standard InChI is InChI=1S/C12H15ClN2O/c1-14-8-12(6-7-12)11(16)15-10-4-2-9(13)3-5-10/h2-5,14H,6-8H2,1H3,(H,15,16). The van der Waals surface area contributed by atoms with Gasteiger partial charge in [0, 0.05) is 17.3 Å². The number of carbonyl (C=O) groups excluding carboxylic acids is 1. The van der Waals surface area contributed by atoms with Crippen molar-refractivity contribution in [3.05, 3.63) is 29.3 Å². The molecule has 0 unspecified atom stereocenters. The topological polar surface area (TPSA) is 41.1 Å². The van der Waals surface area contributed by atoms with Crippen molar-refractivity contribution in [2.45, 2.75) is 12.8 Å². The van der Waals surface area contributed by atoms with Gasteiger partial charge in [0.15, 0.2) is 0 Å². The fourth-order valence-corrected chi connectivity index (χ4v) is 1.90. The molecule has 16 heavy (non-hydrogen) atoms. The van der Waals surface area contributed by atoms with E-state index in [0.717, 1.165) is 25.1 Å². The van der Waals surface area contributed by atoms with Gasteiger partial charge in [0.25, 0.3) is 0 Å². The van der Waals surface area contributed by atoms with Gasteiger partial charge >= 0.3 is 0 Å². The maximum atomic E-state index is 12.0. The summed E-state index contributed by atoms with van der Waals surface area (Å²) in [6, 6.07) is 7.18. The summed E-state index contributed by atoms with van der Waals surface area (Å²) in [5, 5.41) is 6.66. The fraction of sp³-hybridized carbons (Fsp3) is 0.417. The number of hydrogen-bond acceptors (Lipinski definition) is 2. The van der Waals surface area contributed by atoms with Gasteiger partial charge in [-0.2, -0.15) is 0 Å². The quantitative estimate of drug-likeness (QED) is 0.845. The maximum Gasteiger partial charge on any atom is 0.231 e. The number of anilines is 1. The number of carbonyl (C=O) groups is 1. The molecule has 1 aromatic rings. The first-order chi connectivity index (χ1) is 7.66. The molecule has 1 saturated carbocycles. The molecular formula is C12H15ClN2O. The van der Waals surface area contributed by atoms with E-state index < -0.39 is 0 Å². The molecule has 3 nitrogen and oxygen atoms in total. The lowest BCUT2D eigenvalue weighted by Crippen LogP contribution is -2.32. The lowest BCUT2D eigenvalue weighted by atomic mass is 10.1. The summed E-state index contributed by atoms with van der Waals surface area (Å²) in [6.45, 7) is 0.742. The summed E-state index contributed by atoms with van der Waals surface area (Å²) >= 11 is 5.78. The van der Waals surface area contributed by atoms with Gasteiger partial charge in [-0.05, 0) is 44.2 Å². The largest absolute Gasteiger partial charge is 0.326 e. The van der Waals surface area contributed by atoms with Gasteiger partial charge in [-0.25, -0.2) is 0 Å². The van der Waals surface area contributed by atoms with Crippen molar-refractivity contribution in [2.24, 2.45) is 5.41 Å². The zero-order valence-electron chi connectivity index (χ0n) is 9.22. The molecular weight excluding hydrogens is 224 g/mol. The molecule has 1 aliphatic carbocycles. The van der Waals surface area contributed by atoms with E-state index in [1.807, 2.05) is 19.2 Å². The van der Waals surface area contributed by atoms with Gasteiger partial charge in [0.1, 0.15) is 0 Å². The summed E-state index contributed by atoms with van der Waals surface area (Å²) in [6.07, 6.45) is 1.93. The minimum Gasteiger partial charge on any atom is -0.326 e. The van der Waals surface area contributed by atoms with E-state index >= 15 is 0 Å². The monoisotopic (exact) mass is 238 g/mol. The van der Waals surface area contributed by atoms with E-state index in [4.69, 9.17) is 11.6 Å². The van der Waals surface area contributed by atoms with Crippen molar-refractivity contribution >= 4 is 23.2 Å². The second-order valence-electron chi connectivity index (χ2n) is 4.27. The molecule has 0 heterocycles. The van der Waals surface area contributed by atoms with Gasteiger partial charge in [-0.15, -0.1) is 0 Å². The Balaban J connectivity index is 2.00. The first-order valence-electron chi connectivity index (χ1n) is 5.38. The van der Waals surface area contributed by atoms with Crippen molar-refractivity contribution in [1.82, 2.24) is 5.32 Å². The Kier molecular flexibility index (Phi) is 3.17. The summed E-state index contributed by atoms with van der Waals surface area (Å²) in [5.41, 5.74) is 0.616. The Bertz CT molecular complexity index is 385. The van der Waals surface area contributed by atoms with Crippen molar-refractivity contribution in [1.29, 1.82) is 0 Å². The first kappa shape index (κ1) is 11.4. The van der Waals surface area contributed by atoms with Gasteiger partial charge in [0.2, 0.25) is 5.91 Å². The van der Waals surface area contributed by atoms with Crippen LogP contribution in [0, 0.1) is 5.41 Å². The van der Waals surface area contributed by atoms with Gasteiger partial charge < -0.3 is 10.6 Å². The minimum atomic E-state index is -0.186. The number of nitrogens with one attached hydrogen (secondary N) is 2. The molecule has 0 radical (unpaired) electrons. The van der Waals surface area contributed by atoms with E-state index in [9.17, 15) is 4.79 Å². The van der Waals surface area contributed by atoms with Crippen LogP contribution in [0.1, 0.15) is 12.8 Å². The number of halogens is 1. The Morgan fingerprint density at radius 3 is 2.50 bits per heavy atom. The molecule has 0 spiro atoms. The third kappa shape index (κ3) is 2.36. The molecule has 86 valence electrons. The molecule has 0 aliphatic heterocycles. The molecule has 0 aromatic heterocycles. The average molecular weight is 239 g/mol. The van der Waals surface area contributed by atoms with Crippen LogP contribution < -0.4 is 10.6 Å². The number of rotatable bonds is 4. The van der Waals surface area contributed by atoms with Crippen molar-refractivity contribution in [3.63, 3.8) is 0 Å². The summed E-state index contributed by atoms with van der Waals surface area (Å²) in [7, 11) is 1.87. The third-order valence-corrected chi connectivity index (χ3v) is 3.20. The zero-order chi connectivity index (χ0) is 11.6. The van der Waals surface area contributed by atoms with E-state index in [-0.39, 0.29) is 11.3 Å². The lowest BCUT2D eigenvalue weighted by molar-refractivity contribution is -0.120. The van der Waals surface area contributed by atoms with Crippen molar-refractivity contribution in [2.75, 3.05) is 18.9 Å². The van der Waals surface area contributed by atoms with Gasteiger partial charge in [-0.3, -0.25) is 4.79 Å². The fourth-order valence-electron chi connectivity index (χ4n) is 1.77. The molecule has 0 saturated heterocycles. The minimum absolute atomic E-state index is 0.101. The number of amides is 1. The third-order valence-electron chi connectivity index (χ3n) is 2.95. The highest BCUT2D eigenvalue weighted by atomic mass is 35.5. The van der Waals surface area contributed by atoms with Crippen LogP contribution in [0.3, 0.4) is 0 Å². The van der Waals surface area contributed by atoms with E-state index in [1.165, 1.54) is 0 Å². The van der Waals surface area contributed by atoms with Crippen LogP contribution in [0.5, 0.6) is 0 Å². The van der Waals surface area contributed by atoms with E-state index in [1.54, 1.807) is 12.1 Å². The average Bonchev–Trinajstić information content (AvgIpc) is 3.03. The first-order valence-corrected chi connectivity index (χ1v) is 5.76. The number of hydrogen-bond donors (Lipinski definition) is 2. The molecule has 2 rings (SSSR count). The predicted molar refractivity (Wildman–Crippen MR) is 65.7 cm³/mol. The molecule has 0 atom stereocenters. The second-order valence-corrected chi connectivity index (χ2v) is 4.71. The Morgan fingerprint density at radius 1 is 1.38 bits per heavy atom. The summed E-state index contributed by atoms with van der Waals surface area (Å²) in [4.78, 5) is 12.0. The van der Waals surface area contributed by atoms with Gasteiger partial charge in [0.05, 0.1) is 5.41 Å². The zero-order valence-corrected chi connectivity index (χ0v) is 9.97. The van der Waals surface area contributed by atoms with Crippen molar-refractivity contribution < 1.29 is 4.79 Å². The predicted octanol–water partition coefficient (Wildman–Crippen LogP) is 2.28. The molecule has 1 aliphatic rings. The molecule has 1 fully saturated rings. The summed E-state index contributed by atoms with van der Waals surface area (Å²) < 4.78 is 0. The summed E-state index contributed by atoms with van der Waals surface area (Å²) in [5.74, 6) is 0.101. The van der Waals surface area contributed by atoms with Crippen LogP contribution in [-0.2, 0) is 4.79 Å². The molecule has 4 heteroatoms. The molecule has 1 amide bonds. The van der Waals surface area contributed by atoms with Crippen LogP contribution >= 0.6 is 11.6 Å². The second kappa shape index (κ2) is 4.44. The molecule has 1 aromatic carbocycles. The lowest BCUT2D eigenvalue weighted by Gasteiger charge is -2.14. The Morgan fingerprint density at radius 2 is 2.00 bits per heavy atom. The Labute approximate surface area is 100 Å². The van der Waals surface area contributed by atoms with Gasteiger partial charge in [-0.1, -0.05) is 11.6 Å². The van der Waals surface area contributed by atoms with Crippen LogP contribution in [0.25, 0.3) is 0 Å². The highest BCUT2D eigenvalue weighted by Crippen LogP contribution is 2.45. The Hall–Kier alpha value is -1.06. The van der Waals surface area contributed by atoms with Crippen LogP contribution in [0.4, 0.5) is 5.69 Å². The molecule has 0 bridgehead atoms. The van der Waals surface area contributed by atoms with E-state index in [2.05, 4.69) is 10.6 Å². The van der Waals surface area contributed by atoms with Crippen LogP contribution in [0.15, 0.2) is 24.3 Å². The SMILES string of the molecule is CNCC1(C(=O)Nc2ccc(Cl)cc2)CC1. The van der Waals surface area contributed by atoms with E-state index in [0.29, 0.717) is 5.02 Å². The molecule has 2 N–H and O–H groups in total. The van der Waals surface area contributed by atoms with Crippen LogP contribution in [-0.4, -0.2) is 19.5 Å².